The predicted octanol–water partition coefficient (Wildman–Crippen LogP) is 2.48. The molecule has 3 rings (SSSR count). The third-order valence-electron chi connectivity index (χ3n) is 4.36. The van der Waals surface area contributed by atoms with Crippen LogP contribution in [0.1, 0.15) is 27.5 Å². The molecule has 6 nitrogen and oxygen atoms in total. The van der Waals surface area contributed by atoms with Crippen LogP contribution in [0, 0.1) is 0 Å². The average Bonchev–Trinajstić information content (AvgIpc) is 2.77. The Balaban J connectivity index is 2.00. The number of sulfonamides is 1. The summed E-state index contributed by atoms with van der Waals surface area (Å²) in [5, 5.41) is 11.4. The second-order valence-electron chi connectivity index (χ2n) is 6.35. The number of carbonyl (C=O) groups excluding carboxylic acids is 1. The summed E-state index contributed by atoms with van der Waals surface area (Å²) in [6, 6.07) is 23.9. The van der Waals surface area contributed by atoms with Crippen molar-refractivity contribution in [3.63, 3.8) is 0 Å². The van der Waals surface area contributed by atoms with Crippen LogP contribution in [-0.4, -0.2) is 32.6 Å². The van der Waals surface area contributed by atoms with Crippen molar-refractivity contribution in [2.24, 2.45) is 0 Å². The first kappa shape index (κ1) is 20.7. The minimum absolute atomic E-state index is 0.0216. The Labute approximate surface area is 170 Å². The second kappa shape index (κ2) is 9.47. The van der Waals surface area contributed by atoms with Crippen LogP contribution in [0.3, 0.4) is 0 Å². The molecule has 3 N–H and O–H groups in total. The van der Waals surface area contributed by atoms with Crippen molar-refractivity contribution in [3.8, 4) is 0 Å². The molecule has 3 aromatic rings. The predicted molar refractivity (Wildman–Crippen MR) is 111 cm³/mol. The van der Waals surface area contributed by atoms with Gasteiger partial charge in [0.1, 0.15) is 0 Å². The molecule has 0 unspecified atom stereocenters. The molecule has 0 heterocycles. The third kappa shape index (κ3) is 5.08. The van der Waals surface area contributed by atoms with Crippen LogP contribution in [0.5, 0.6) is 0 Å². The van der Waals surface area contributed by atoms with Crippen molar-refractivity contribution in [3.05, 3.63) is 102 Å². The minimum Gasteiger partial charge on any atom is -0.395 e. The smallest absolute Gasteiger partial charge is 0.252 e. The van der Waals surface area contributed by atoms with Crippen LogP contribution in [0.4, 0.5) is 0 Å². The van der Waals surface area contributed by atoms with Crippen molar-refractivity contribution in [1.82, 2.24) is 10.0 Å². The Morgan fingerprint density at radius 3 is 1.90 bits per heavy atom. The standard InChI is InChI=1S/C22H22N2O4S/c25-16-15-23-22(26)19-13-7-8-14-20(19)29(27,28)24-21(17-9-3-1-4-10-17)18-11-5-2-6-12-18/h1-14,21,24-25H,15-16H2,(H,23,26). The zero-order valence-electron chi connectivity index (χ0n) is 15.7. The Bertz CT molecular complexity index is 1010. The maximum absolute atomic E-state index is 13.2. The highest BCUT2D eigenvalue weighted by Crippen LogP contribution is 2.25. The highest BCUT2D eigenvalue weighted by molar-refractivity contribution is 7.89. The zero-order valence-corrected chi connectivity index (χ0v) is 16.5. The Morgan fingerprint density at radius 1 is 0.828 bits per heavy atom. The monoisotopic (exact) mass is 410 g/mol. The van der Waals surface area contributed by atoms with E-state index in [2.05, 4.69) is 10.0 Å². The molecule has 0 saturated heterocycles. The van der Waals surface area contributed by atoms with E-state index in [9.17, 15) is 13.2 Å². The number of carbonyl (C=O) groups is 1. The van der Waals surface area contributed by atoms with E-state index in [1.807, 2.05) is 60.7 Å². The number of nitrogens with one attached hydrogen (secondary N) is 2. The molecular formula is C22H22N2O4S. The molecule has 0 spiro atoms. The van der Waals surface area contributed by atoms with E-state index in [1.54, 1.807) is 12.1 Å². The first-order chi connectivity index (χ1) is 14.0. The van der Waals surface area contributed by atoms with Gasteiger partial charge in [0.25, 0.3) is 5.91 Å². The summed E-state index contributed by atoms with van der Waals surface area (Å²) in [4.78, 5) is 12.3. The van der Waals surface area contributed by atoms with E-state index < -0.39 is 22.0 Å². The summed E-state index contributed by atoms with van der Waals surface area (Å²) in [5.41, 5.74) is 1.59. The molecule has 0 aliphatic heterocycles. The molecule has 0 atom stereocenters. The van der Waals surface area contributed by atoms with Crippen LogP contribution in [-0.2, 0) is 10.0 Å². The Morgan fingerprint density at radius 2 is 1.34 bits per heavy atom. The van der Waals surface area contributed by atoms with Crippen LogP contribution >= 0.6 is 0 Å². The third-order valence-corrected chi connectivity index (χ3v) is 5.84. The van der Waals surface area contributed by atoms with Gasteiger partial charge in [0.2, 0.25) is 10.0 Å². The lowest BCUT2D eigenvalue weighted by molar-refractivity contribution is 0.0941. The molecule has 0 saturated carbocycles. The fourth-order valence-corrected chi connectivity index (χ4v) is 4.41. The molecule has 3 aromatic carbocycles. The van der Waals surface area contributed by atoms with E-state index in [1.165, 1.54) is 12.1 Å². The van der Waals surface area contributed by atoms with Gasteiger partial charge in [-0.1, -0.05) is 72.8 Å². The van der Waals surface area contributed by atoms with Gasteiger partial charge in [-0.25, -0.2) is 8.42 Å². The number of aliphatic hydroxyl groups is 1. The van der Waals surface area contributed by atoms with Gasteiger partial charge in [-0.3, -0.25) is 4.79 Å². The molecule has 0 aromatic heterocycles. The minimum atomic E-state index is -4.03. The number of benzene rings is 3. The van der Waals surface area contributed by atoms with Gasteiger partial charge < -0.3 is 10.4 Å². The van der Waals surface area contributed by atoms with E-state index in [0.29, 0.717) is 0 Å². The average molecular weight is 410 g/mol. The van der Waals surface area contributed by atoms with Crippen LogP contribution in [0.25, 0.3) is 0 Å². The summed E-state index contributed by atoms with van der Waals surface area (Å²) in [6.45, 7) is -0.194. The molecular weight excluding hydrogens is 388 g/mol. The van der Waals surface area contributed by atoms with Gasteiger partial charge in [-0.05, 0) is 23.3 Å². The molecule has 7 heteroatoms. The van der Waals surface area contributed by atoms with Crippen molar-refractivity contribution in [2.75, 3.05) is 13.2 Å². The molecule has 0 bridgehead atoms. The topological polar surface area (TPSA) is 95.5 Å². The van der Waals surface area contributed by atoms with Gasteiger partial charge in [0, 0.05) is 6.54 Å². The van der Waals surface area contributed by atoms with Gasteiger partial charge in [0.05, 0.1) is 23.1 Å². The van der Waals surface area contributed by atoms with Gasteiger partial charge in [-0.2, -0.15) is 4.72 Å². The van der Waals surface area contributed by atoms with Gasteiger partial charge in [0.15, 0.2) is 0 Å². The normalized spacial score (nSPS) is 11.4. The Kier molecular flexibility index (Phi) is 6.77. The summed E-state index contributed by atoms with van der Waals surface area (Å²) in [5.74, 6) is -0.559. The van der Waals surface area contributed by atoms with E-state index in [-0.39, 0.29) is 23.6 Å². The first-order valence-electron chi connectivity index (χ1n) is 9.13. The Hall–Kier alpha value is -3.00. The number of hydrogen-bond acceptors (Lipinski definition) is 4. The highest BCUT2D eigenvalue weighted by Gasteiger charge is 2.26. The van der Waals surface area contributed by atoms with Gasteiger partial charge in [-0.15, -0.1) is 0 Å². The lowest BCUT2D eigenvalue weighted by Gasteiger charge is -2.21. The summed E-state index contributed by atoms with van der Waals surface area (Å²) in [6.07, 6.45) is 0. The number of amides is 1. The SMILES string of the molecule is O=C(NCCO)c1ccccc1S(=O)(=O)NC(c1ccccc1)c1ccccc1. The summed E-state index contributed by atoms with van der Waals surface area (Å²) >= 11 is 0. The molecule has 1 amide bonds. The summed E-state index contributed by atoms with van der Waals surface area (Å²) in [7, 11) is -4.03. The molecule has 150 valence electrons. The van der Waals surface area contributed by atoms with E-state index in [4.69, 9.17) is 5.11 Å². The second-order valence-corrected chi connectivity index (χ2v) is 8.03. The van der Waals surface area contributed by atoms with Crippen molar-refractivity contribution in [1.29, 1.82) is 0 Å². The van der Waals surface area contributed by atoms with Crippen LogP contribution in [0.15, 0.2) is 89.8 Å². The molecule has 0 aliphatic carbocycles. The lowest BCUT2D eigenvalue weighted by Crippen LogP contribution is -2.33. The maximum Gasteiger partial charge on any atom is 0.252 e. The maximum atomic E-state index is 13.2. The van der Waals surface area contributed by atoms with Crippen LogP contribution < -0.4 is 10.0 Å². The summed E-state index contributed by atoms with van der Waals surface area (Å²) < 4.78 is 29.2. The van der Waals surface area contributed by atoms with E-state index in [0.717, 1.165) is 11.1 Å². The zero-order chi connectivity index (χ0) is 20.7. The number of rotatable bonds is 8. The molecule has 0 aliphatic rings. The van der Waals surface area contributed by atoms with Crippen molar-refractivity contribution in [2.45, 2.75) is 10.9 Å². The lowest BCUT2D eigenvalue weighted by atomic mass is 10.00. The fraction of sp³-hybridized carbons (Fsp3) is 0.136. The quantitative estimate of drug-likeness (QED) is 0.532. The van der Waals surface area contributed by atoms with Crippen LogP contribution in [0.2, 0.25) is 0 Å². The molecule has 29 heavy (non-hydrogen) atoms. The van der Waals surface area contributed by atoms with Crippen molar-refractivity contribution >= 4 is 15.9 Å². The fourth-order valence-electron chi connectivity index (χ4n) is 2.99. The largest absolute Gasteiger partial charge is 0.395 e. The first-order valence-corrected chi connectivity index (χ1v) is 10.6. The number of hydrogen-bond donors (Lipinski definition) is 3. The van der Waals surface area contributed by atoms with Gasteiger partial charge >= 0.3 is 0 Å². The van der Waals surface area contributed by atoms with Crippen molar-refractivity contribution < 1.29 is 18.3 Å². The van der Waals surface area contributed by atoms with E-state index >= 15 is 0 Å². The number of aliphatic hydroxyl groups excluding tert-OH is 1. The molecule has 0 fully saturated rings. The molecule has 0 radical (unpaired) electrons. The highest BCUT2D eigenvalue weighted by atomic mass is 32.2.